The van der Waals surface area contributed by atoms with Crippen molar-refractivity contribution >= 4 is 0 Å². The maximum atomic E-state index is 12.7. The Bertz CT molecular complexity index is 293. The third kappa shape index (κ3) is 3.18. The monoisotopic (exact) mass is 264 g/mol. The molecule has 2 nitrogen and oxygen atoms in total. The molecule has 1 N–H and O–H groups in total. The number of piperazine rings is 1. The van der Waals surface area contributed by atoms with Gasteiger partial charge in [-0.2, -0.15) is 13.2 Å². The number of alkyl halides is 3. The van der Waals surface area contributed by atoms with Crippen molar-refractivity contribution in [3.8, 4) is 0 Å². The topological polar surface area (TPSA) is 15.3 Å². The van der Waals surface area contributed by atoms with Crippen molar-refractivity contribution in [3.63, 3.8) is 0 Å². The molecule has 1 aliphatic carbocycles. The summed E-state index contributed by atoms with van der Waals surface area (Å²) >= 11 is 0. The highest BCUT2D eigenvalue weighted by molar-refractivity contribution is 5.03. The van der Waals surface area contributed by atoms with Crippen LogP contribution in [0.4, 0.5) is 13.2 Å². The molecular weight excluding hydrogens is 241 g/mol. The van der Waals surface area contributed by atoms with E-state index >= 15 is 0 Å². The Balaban J connectivity index is 2.09. The zero-order valence-corrected chi connectivity index (χ0v) is 11.2. The van der Waals surface area contributed by atoms with E-state index in [0.717, 1.165) is 25.7 Å². The van der Waals surface area contributed by atoms with Gasteiger partial charge in [0.25, 0.3) is 0 Å². The molecule has 0 bridgehead atoms. The first kappa shape index (κ1) is 14.1. The molecule has 18 heavy (non-hydrogen) atoms. The molecule has 0 atom stereocenters. The standard InChI is InChI=1S/C13H23F3N2/c1-11(2)8-17-12(6-4-3-5-7-12)9-18(11)10-13(14,15)16/h17H,3-10H2,1-2H3. The van der Waals surface area contributed by atoms with Gasteiger partial charge in [-0.25, -0.2) is 0 Å². The highest BCUT2D eigenvalue weighted by Gasteiger charge is 2.46. The van der Waals surface area contributed by atoms with E-state index in [1.54, 1.807) is 4.90 Å². The molecule has 0 amide bonds. The van der Waals surface area contributed by atoms with E-state index in [9.17, 15) is 13.2 Å². The lowest BCUT2D eigenvalue weighted by molar-refractivity contribution is -0.166. The van der Waals surface area contributed by atoms with Gasteiger partial charge in [0, 0.05) is 24.2 Å². The van der Waals surface area contributed by atoms with Crippen molar-refractivity contribution in [2.24, 2.45) is 0 Å². The van der Waals surface area contributed by atoms with Crippen molar-refractivity contribution in [3.05, 3.63) is 0 Å². The van der Waals surface area contributed by atoms with Crippen LogP contribution in [0.25, 0.3) is 0 Å². The number of hydrogen-bond acceptors (Lipinski definition) is 2. The average molecular weight is 264 g/mol. The lowest BCUT2D eigenvalue weighted by atomic mass is 9.77. The lowest BCUT2D eigenvalue weighted by Crippen LogP contribution is -2.69. The largest absolute Gasteiger partial charge is 0.401 e. The van der Waals surface area contributed by atoms with Crippen molar-refractivity contribution < 1.29 is 13.2 Å². The normalized spacial score (nSPS) is 28.5. The molecular formula is C13H23F3N2. The molecule has 0 unspecified atom stereocenters. The van der Waals surface area contributed by atoms with Gasteiger partial charge >= 0.3 is 6.18 Å². The van der Waals surface area contributed by atoms with Crippen molar-refractivity contribution in [2.45, 2.75) is 63.2 Å². The molecule has 1 heterocycles. The predicted octanol–water partition coefficient (Wildman–Crippen LogP) is 2.94. The fourth-order valence-electron chi connectivity index (χ4n) is 3.20. The molecule has 1 spiro atoms. The molecule has 1 aliphatic heterocycles. The molecule has 1 saturated heterocycles. The Kier molecular flexibility index (Phi) is 3.67. The van der Waals surface area contributed by atoms with Crippen LogP contribution in [-0.4, -0.2) is 41.8 Å². The van der Waals surface area contributed by atoms with Crippen LogP contribution < -0.4 is 5.32 Å². The van der Waals surface area contributed by atoms with Crippen molar-refractivity contribution in [2.75, 3.05) is 19.6 Å². The van der Waals surface area contributed by atoms with Crippen LogP contribution >= 0.6 is 0 Å². The predicted molar refractivity (Wildman–Crippen MR) is 65.5 cm³/mol. The highest BCUT2D eigenvalue weighted by Crippen LogP contribution is 2.35. The summed E-state index contributed by atoms with van der Waals surface area (Å²) in [5.74, 6) is 0. The van der Waals surface area contributed by atoms with Crippen LogP contribution in [0.15, 0.2) is 0 Å². The maximum absolute atomic E-state index is 12.7. The van der Waals surface area contributed by atoms with Gasteiger partial charge in [0.2, 0.25) is 0 Å². The van der Waals surface area contributed by atoms with E-state index in [1.165, 1.54) is 6.42 Å². The average Bonchev–Trinajstić information content (AvgIpc) is 2.24. The molecule has 2 fully saturated rings. The number of nitrogens with zero attached hydrogens (tertiary/aromatic N) is 1. The molecule has 5 heteroatoms. The van der Waals surface area contributed by atoms with Crippen LogP contribution in [0.2, 0.25) is 0 Å². The van der Waals surface area contributed by atoms with Gasteiger partial charge < -0.3 is 5.32 Å². The second-order valence-corrected chi connectivity index (χ2v) is 6.48. The quantitative estimate of drug-likeness (QED) is 0.783. The van der Waals surface area contributed by atoms with Gasteiger partial charge in [-0.15, -0.1) is 0 Å². The first-order valence-corrected chi connectivity index (χ1v) is 6.79. The summed E-state index contributed by atoms with van der Waals surface area (Å²) in [5.41, 5.74) is -0.489. The van der Waals surface area contributed by atoms with Crippen LogP contribution in [0.3, 0.4) is 0 Å². The summed E-state index contributed by atoms with van der Waals surface area (Å²) in [7, 11) is 0. The second-order valence-electron chi connectivity index (χ2n) is 6.48. The molecule has 2 aliphatic rings. The molecule has 1 saturated carbocycles. The minimum atomic E-state index is -4.11. The molecule has 106 valence electrons. The summed E-state index contributed by atoms with van der Waals surface area (Å²) < 4.78 is 38.0. The van der Waals surface area contributed by atoms with Crippen LogP contribution in [0.5, 0.6) is 0 Å². The van der Waals surface area contributed by atoms with Gasteiger partial charge in [0.15, 0.2) is 0 Å². The molecule has 2 rings (SSSR count). The number of rotatable bonds is 1. The van der Waals surface area contributed by atoms with Crippen molar-refractivity contribution in [1.82, 2.24) is 10.2 Å². The zero-order chi connectivity index (χ0) is 13.4. The fraction of sp³-hybridized carbons (Fsp3) is 1.00. The molecule has 0 aromatic carbocycles. The van der Waals surface area contributed by atoms with E-state index in [-0.39, 0.29) is 5.54 Å². The van der Waals surface area contributed by atoms with Gasteiger partial charge in [-0.05, 0) is 26.7 Å². The third-order valence-corrected chi connectivity index (χ3v) is 4.43. The third-order valence-electron chi connectivity index (χ3n) is 4.43. The molecule has 0 radical (unpaired) electrons. The van der Waals surface area contributed by atoms with Crippen LogP contribution in [-0.2, 0) is 0 Å². The number of hydrogen-bond donors (Lipinski definition) is 1. The van der Waals surface area contributed by atoms with Crippen LogP contribution in [0, 0.1) is 0 Å². The Morgan fingerprint density at radius 2 is 1.72 bits per heavy atom. The van der Waals surface area contributed by atoms with Gasteiger partial charge in [-0.3, -0.25) is 4.90 Å². The number of halogens is 3. The van der Waals surface area contributed by atoms with E-state index in [0.29, 0.717) is 13.1 Å². The summed E-state index contributed by atoms with van der Waals surface area (Å²) in [6.45, 7) is 4.16. The Morgan fingerprint density at radius 1 is 1.11 bits per heavy atom. The second kappa shape index (κ2) is 4.67. The smallest absolute Gasteiger partial charge is 0.308 e. The van der Waals surface area contributed by atoms with E-state index in [4.69, 9.17) is 0 Å². The summed E-state index contributed by atoms with van der Waals surface area (Å²) in [4.78, 5) is 1.62. The van der Waals surface area contributed by atoms with Gasteiger partial charge in [0.05, 0.1) is 6.54 Å². The number of nitrogens with one attached hydrogen (secondary N) is 1. The molecule has 0 aromatic heterocycles. The minimum Gasteiger partial charge on any atom is -0.308 e. The Morgan fingerprint density at radius 3 is 2.28 bits per heavy atom. The fourth-order valence-corrected chi connectivity index (χ4v) is 3.20. The summed E-state index contributed by atoms with van der Waals surface area (Å²) in [6.07, 6.45) is 1.39. The van der Waals surface area contributed by atoms with Gasteiger partial charge in [-0.1, -0.05) is 19.3 Å². The molecule has 0 aromatic rings. The van der Waals surface area contributed by atoms with E-state index in [1.807, 2.05) is 13.8 Å². The first-order chi connectivity index (χ1) is 8.23. The SMILES string of the molecule is CC1(C)CNC2(CCCCC2)CN1CC(F)(F)F. The lowest BCUT2D eigenvalue weighted by Gasteiger charge is -2.53. The van der Waals surface area contributed by atoms with E-state index in [2.05, 4.69) is 5.32 Å². The highest BCUT2D eigenvalue weighted by atomic mass is 19.4. The summed E-state index contributed by atoms with van der Waals surface area (Å²) in [5, 5.41) is 3.53. The van der Waals surface area contributed by atoms with Crippen molar-refractivity contribution in [1.29, 1.82) is 0 Å². The van der Waals surface area contributed by atoms with E-state index < -0.39 is 18.3 Å². The Hall–Kier alpha value is -0.290. The maximum Gasteiger partial charge on any atom is 0.401 e. The summed E-state index contributed by atoms with van der Waals surface area (Å²) in [6, 6.07) is 0. The van der Waals surface area contributed by atoms with Crippen LogP contribution in [0.1, 0.15) is 46.0 Å². The first-order valence-electron chi connectivity index (χ1n) is 6.79. The van der Waals surface area contributed by atoms with Gasteiger partial charge in [0.1, 0.15) is 0 Å². The Labute approximate surface area is 107 Å². The zero-order valence-electron chi connectivity index (χ0n) is 11.2. The minimum absolute atomic E-state index is 0.0704.